The number of halogens is 2. The highest BCUT2D eigenvalue weighted by atomic mass is 19.1. The number of nitrogens with zero attached hydrogens (tertiary/aromatic N) is 6. The molecule has 0 amide bonds. The predicted molar refractivity (Wildman–Crippen MR) is 127 cm³/mol. The number of aryl methyl sites for hydroxylation is 1. The quantitative estimate of drug-likeness (QED) is 0.467. The van der Waals surface area contributed by atoms with E-state index in [9.17, 15) is 13.6 Å². The van der Waals surface area contributed by atoms with E-state index >= 15 is 0 Å². The first kappa shape index (κ1) is 22.1. The Morgan fingerprint density at radius 1 is 1.26 bits per heavy atom. The molecule has 4 heterocycles. The second-order valence-electron chi connectivity index (χ2n) is 8.91. The first-order valence-electron chi connectivity index (χ1n) is 11.1. The molecule has 1 aromatic carbocycles. The smallest absolute Gasteiger partial charge is 0.268 e. The fraction of sp³-hybridized carbons (Fsp3) is 0.348. The number of rotatable bonds is 5. The maximum Gasteiger partial charge on any atom is 0.268 e. The largest absolute Gasteiger partial charge is 0.382 e. The van der Waals surface area contributed by atoms with Crippen LogP contribution in [0.3, 0.4) is 0 Å². The second kappa shape index (κ2) is 8.24. The molecular formula is C23H26F2N8O. The van der Waals surface area contributed by atoms with Gasteiger partial charge in [-0.25, -0.2) is 8.78 Å². The summed E-state index contributed by atoms with van der Waals surface area (Å²) in [5.74, 6) is -0.844. The highest BCUT2D eigenvalue weighted by molar-refractivity contribution is 5.98. The van der Waals surface area contributed by atoms with E-state index in [1.54, 1.807) is 4.68 Å². The molecule has 178 valence electrons. The minimum atomic E-state index is -0.861. The Hall–Kier alpha value is -3.73. The lowest BCUT2D eigenvalue weighted by Crippen LogP contribution is -2.38. The molecule has 5 rings (SSSR count). The molecule has 1 aliphatic heterocycles. The van der Waals surface area contributed by atoms with E-state index in [1.165, 1.54) is 12.3 Å². The molecule has 1 fully saturated rings. The zero-order chi connectivity index (χ0) is 24.1. The Kier molecular flexibility index (Phi) is 5.35. The molecule has 0 bridgehead atoms. The molecule has 34 heavy (non-hydrogen) atoms. The van der Waals surface area contributed by atoms with E-state index in [2.05, 4.69) is 39.2 Å². The van der Waals surface area contributed by atoms with Crippen LogP contribution in [0.25, 0.3) is 27.8 Å². The highest BCUT2D eigenvalue weighted by Gasteiger charge is 2.29. The Balaban J connectivity index is 1.69. The highest BCUT2D eigenvalue weighted by Crippen LogP contribution is 2.33. The summed E-state index contributed by atoms with van der Waals surface area (Å²) in [5.41, 5.74) is 6.19. The van der Waals surface area contributed by atoms with Crippen molar-refractivity contribution in [2.24, 2.45) is 7.05 Å². The number of likely N-dealkylation sites (N-methyl/N-ethyl adjacent to an activating group) is 1. The molecule has 3 N–H and O–H groups in total. The average Bonchev–Trinajstić information content (AvgIpc) is 3.48. The molecule has 3 aromatic heterocycles. The molecule has 9 nitrogen and oxygen atoms in total. The number of pyridine rings is 1. The first-order chi connectivity index (χ1) is 16.3. The second-order valence-corrected chi connectivity index (χ2v) is 8.91. The van der Waals surface area contributed by atoms with Gasteiger partial charge in [0.2, 0.25) is 0 Å². The minimum absolute atomic E-state index is 0.0471. The van der Waals surface area contributed by atoms with E-state index in [1.807, 2.05) is 13.1 Å². The Morgan fingerprint density at radius 2 is 2.00 bits per heavy atom. The summed E-state index contributed by atoms with van der Waals surface area (Å²) in [5, 5.41) is 11.5. The van der Waals surface area contributed by atoms with Crippen molar-refractivity contribution in [3.63, 3.8) is 0 Å². The van der Waals surface area contributed by atoms with Crippen LogP contribution in [0.15, 0.2) is 35.3 Å². The summed E-state index contributed by atoms with van der Waals surface area (Å²) in [4.78, 5) is 17.7. The summed E-state index contributed by atoms with van der Waals surface area (Å²) in [6, 6.07) is 5.72. The molecule has 1 atom stereocenters. The van der Waals surface area contributed by atoms with Crippen molar-refractivity contribution in [3.05, 3.63) is 52.5 Å². The topological polar surface area (TPSA) is 101 Å². The summed E-state index contributed by atoms with van der Waals surface area (Å²) >= 11 is 0. The molecule has 0 radical (unpaired) electrons. The minimum Gasteiger partial charge on any atom is -0.382 e. The number of nitrogens with two attached hydrogens (primary N) is 1. The fourth-order valence-corrected chi connectivity index (χ4v) is 4.83. The van der Waals surface area contributed by atoms with Crippen molar-refractivity contribution < 1.29 is 8.78 Å². The molecule has 0 aliphatic carbocycles. The van der Waals surface area contributed by atoms with Crippen molar-refractivity contribution in [1.29, 1.82) is 0 Å². The predicted octanol–water partition coefficient (Wildman–Crippen LogP) is 2.51. The third-order valence-electron chi connectivity index (χ3n) is 6.31. The van der Waals surface area contributed by atoms with Gasteiger partial charge in [-0.2, -0.15) is 10.2 Å². The van der Waals surface area contributed by atoms with Gasteiger partial charge in [0.15, 0.2) is 5.82 Å². The van der Waals surface area contributed by atoms with Crippen molar-refractivity contribution in [2.45, 2.75) is 18.9 Å². The third-order valence-corrected chi connectivity index (χ3v) is 6.31. The molecule has 0 saturated carbocycles. The monoisotopic (exact) mass is 468 g/mol. The number of hydrogen-bond acceptors (Lipinski definition) is 6. The van der Waals surface area contributed by atoms with E-state index in [4.69, 9.17) is 5.73 Å². The van der Waals surface area contributed by atoms with Gasteiger partial charge in [0.1, 0.15) is 28.5 Å². The lowest BCUT2D eigenvalue weighted by atomic mass is 10.1. The summed E-state index contributed by atoms with van der Waals surface area (Å²) in [7, 11) is 5.96. The lowest BCUT2D eigenvalue weighted by molar-refractivity contribution is 0.370. The van der Waals surface area contributed by atoms with Crippen LogP contribution < -0.4 is 16.2 Å². The maximum atomic E-state index is 14.6. The number of fused-ring (bicyclic) bond motifs is 1. The zero-order valence-electron chi connectivity index (χ0n) is 19.2. The Bertz CT molecular complexity index is 1420. The number of nitrogen functional groups attached to an aromatic ring is 1. The van der Waals surface area contributed by atoms with E-state index < -0.39 is 22.9 Å². The molecule has 1 saturated heterocycles. The molecule has 0 unspecified atom stereocenters. The number of aromatic nitrogens is 5. The van der Waals surface area contributed by atoms with E-state index in [0.717, 1.165) is 48.4 Å². The number of H-pyrrole nitrogens is 1. The van der Waals surface area contributed by atoms with Gasteiger partial charge in [-0.3, -0.25) is 19.1 Å². The fourth-order valence-electron chi connectivity index (χ4n) is 4.83. The third kappa shape index (κ3) is 3.52. The maximum absolute atomic E-state index is 14.6. The number of benzene rings is 1. The normalized spacial score (nSPS) is 16.3. The van der Waals surface area contributed by atoms with Crippen LogP contribution in [0, 0.1) is 11.6 Å². The molecule has 4 aromatic rings. The average molecular weight is 469 g/mol. The zero-order valence-corrected chi connectivity index (χ0v) is 19.2. The number of aromatic amines is 1. The number of hydrogen-bond donors (Lipinski definition) is 2. The van der Waals surface area contributed by atoms with Gasteiger partial charge < -0.3 is 15.5 Å². The van der Waals surface area contributed by atoms with Gasteiger partial charge in [-0.05, 0) is 39.1 Å². The van der Waals surface area contributed by atoms with Gasteiger partial charge in [-0.15, -0.1) is 0 Å². The van der Waals surface area contributed by atoms with Gasteiger partial charge >= 0.3 is 0 Å². The van der Waals surface area contributed by atoms with Crippen molar-refractivity contribution >= 4 is 22.5 Å². The summed E-state index contributed by atoms with van der Waals surface area (Å²) in [6.07, 6.45) is 3.55. The molecule has 1 aliphatic rings. The SMILES string of the molecule is CN(C)C[C@H]1CCCN1c1cc(-c2cn(-c3c(F)cccc3F)c(=O)c3c(N)n[nH]c23)nn1C. The van der Waals surface area contributed by atoms with Crippen molar-refractivity contribution in [2.75, 3.05) is 37.8 Å². The standard InChI is InChI=1S/C23H26F2N8O/c1-30(2)11-13-6-5-9-32(13)18-10-17(29-31(18)3)14-12-33(21-15(24)7-4-8-16(21)25)23(34)19-20(14)27-28-22(19)26/h4,7-8,10,12-13H,5-6,9,11H2,1-3H3,(H3,26,27,28)/t13-/m1/s1. The van der Waals surface area contributed by atoms with E-state index in [0.29, 0.717) is 22.8 Å². The summed E-state index contributed by atoms with van der Waals surface area (Å²) < 4.78 is 31.9. The van der Waals surface area contributed by atoms with Crippen LogP contribution in [-0.2, 0) is 7.05 Å². The van der Waals surface area contributed by atoms with Gasteiger partial charge in [0, 0.05) is 44.0 Å². The van der Waals surface area contributed by atoms with Crippen LogP contribution in [0.5, 0.6) is 0 Å². The lowest BCUT2D eigenvalue weighted by Gasteiger charge is -2.28. The molecular weight excluding hydrogens is 442 g/mol. The summed E-state index contributed by atoms with van der Waals surface area (Å²) in [6.45, 7) is 1.82. The molecule has 0 spiro atoms. The number of nitrogens with one attached hydrogen (secondary N) is 1. The van der Waals surface area contributed by atoms with Gasteiger partial charge in [0.05, 0.1) is 11.2 Å². The Labute approximate surface area is 194 Å². The van der Waals surface area contributed by atoms with Crippen molar-refractivity contribution in [3.8, 4) is 16.9 Å². The van der Waals surface area contributed by atoms with Crippen LogP contribution in [0.4, 0.5) is 20.4 Å². The number of anilines is 2. The first-order valence-corrected chi connectivity index (χ1v) is 11.1. The van der Waals surface area contributed by atoms with Crippen LogP contribution in [0.1, 0.15) is 12.8 Å². The van der Waals surface area contributed by atoms with Crippen LogP contribution in [0.2, 0.25) is 0 Å². The van der Waals surface area contributed by atoms with E-state index in [-0.39, 0.29) is 11.2 Å². The van der Waals surface area contributed by atoms with Gasteiger partial charge in [0.25, 0.3) is 5.56 Å². The molecule has 11 heteroatoms. The van der Waals surface area contributed by atoms with Gasteiger partial charge in [-0.1, -0.05) is 6.07 Å². The van der Waals surface area contributed by atoms with Crippen LogP contribution in [-0.4, -0.2) is 62.7 Å². The Morgan fingerprint density at radius 3 is 2.71 bits per heavy atom. The van der Waals surface area contributed by atoms with Crippen LogP contribution >= 0.6 is 0 Å². The van der Waals surface area contributed by atoms with Crippen molar-refractivity contribution in [1.82, 2.24) is 29.4 Å². The number of para-hydroxylation sites is 1.